The van der Waals surface area contributed by atoms with Crippen LogP contribution in [-0.4, -0.2) is 0 Å². The maximum absolute atomic E-state index is 2.43. The van der Waals surface area contributed by atoms with E-state index in [4.69, 9.17) is 0 Å². The van der Waals surface area contributed by atoms with Gasteiger partial charge < -0.3 is 4.90 Å². The zero-order chi connectivity index (χ0) is 39.6. The van der Waals surface area contributed by atoms with Crippen LogP contribution in [0.1, 0.15) is 74.9 Å². The molecule has 0 bridgehead atoms. The van der Waals surface area contributed by atoms with E-state index in [1.165, 1.54) is 88.0 Å². The molecule has 0 amide bonds. The van der Waals surface area contributed by atoms with Gasteiger partial charge in [0.1, 0.15) is 0 Å². The first-order valence-corrected chi connectivity index (χ1v) is 20.8. The molecule has 0 radical (unpaired) electrons. The van der Waals surface area contributed by atoms with E-state index in [0.29, 0.717) is 0 Å². The summed E-state index contributed by atoms with van der Waals surface area (Å²) in [7, 11) is 0. The summed E-state index contributed by atoms with van der Waals surface area (Å²) in [6.45, 7) is 13.7. The Bertz CT molecular complexity index is 3010. The number of fused-ring (bicyclic) bond motifs is 17. The molecule has 0 atom stereocenters. The zero-order valence-corrected chi connectivity index (χ0v) is 34.2. The summed E-state index contributed by atoms with van der Waals surface area (Å²) in [5.41, 5.74) is 16.6. The van der Waals surface area contributed by atoms with Crippen LogP contribution < -0.4 is 4.90 Å². The largest absolute Gasteiger partial charge is 0.310 e. The fourth-order valence-electron chi connectivity index (χ4n) is 10.4. The average molecular weight is 746 g/mol. The van der Waals surface area contributed by atoms with Crippen LogP contribution in [0, 0.1) is 0 Å². The minimum absolute atomic E-state index is 0.0721. The van der Waals surface area contributed by atoms with E-state index in [9.17, 15) is 0 Å². The minimum Gasteiger partial charge on any atom is -0.310 e. The molecular weight excluding hydrogens is 699 g/mol. The van der Waals surface area contributed by atoms with Gasteiger partial charge in [-0.15, -0.1) is 0 Å². The van der Waals surface area contributed by atoms with Gasteiger partial charge in [-0.2, -0.15) is 0 Å². The Morgan fingerprint density at radius 1 is 0.362 bits per heavy atom. The highest BCUT2D eigenvalue weighted by Gasteiger charge is 2.53. The lowest BCUT2D eigenvalue weighted by atomic mass is 9.68. The first-order chi connectivity index (χ1) is 28.0. The smallest absolute Gasteiger partial charge is 0.0737 e. The summed E-state index contributed by atoms with van der Waals surface area (Å²) >= 11 is 0. The number of rotatable bonds is 3. The predicted molar refractivity (Wildman–Crippen MR) is 247 cm³/mol. The van der Waals surface area contributed by atoms with Crippen molar-refractivity contribution in [2.75, 3.05) is 4.90 Å². The molecular formula is C57H47N. The summed E-state index contributed by atoms with van der Waals surface area (Å²) in [4.78, 5) is 2.43. The van der Waals surface area contributed by atoms with Crippen LogP contribution >= 0.6 is 0 Å². The van der Waals surface area contributed by atoms with Crippen LogP contribution in [0.4, 0.5) is 17.1 Å². The summed E-state index contributed by atoms with van der Waals surface area (Å²) in [5.74, 6) is 0. The van der Waals surface area contributed by atoms with Crippen molar-refractivity contribution < 1.29 is 0 Å². The van der Waals surface area contributed by atoms with Gasteiger partial charge in [-0.25, -0.2) is 0 Å². The van der Waals surface area contributed by atoms with Crippen molar-refractivity contribution in [1.29, 1.82) is 0 Å². The maximum atomic E-state index is 2.43. The van der Waals surface area contributed by atoms with Crippen molar-refractivity contribution in [3.8, 4) is 22.3 Å². The Morgan fingerprint density at radius 3 is 1.38 bits per heavy atom. The first kappa shape index (κ1) is 34.8. The van der Waals surface area contributed by atoms with Crippen LogP contribution in [0.25, 0.3) is 54.6 Å². The van der Waals surface area contributed by atoms with Crippen LogP contribution in [0.3, 0.4) is 0 Å². The van der Waals surface area contributed by atoms with Crippen molar-refractivity contribution in [3.63, 3.8) is 0 Å². The second kappa shape index (κ2) is 12.3. The minimum atomic E-state index is -0.492. The van der Waals surface area contributed by atoms with E-state index in [1.54, 1.807) is 0 Å². The summed E-state index contributed by atoms with van der Waals surface area (Å²) in [6.07, 6.45) is 0. The van der Waals surface area contributed by atoms with E-state index in [-0.39, 0.29) is 10.8 Å². The molecule has 0 fully saturated rings. The summed E-state index contributed by atoms with van der Waals surface area (Å²) in [6, 6.07) is 66.9. The molecule has 1 spiro atoms. The predicted octanol–water partition coefficient (Wildman–Crippen LogP) is 15.6. The number of benzene rings is 9. The van der Waals surface area contributed by atoms with Gasteiger partial charge in [-0.05, 0) is 135 Å². The van der Waals surface area contributed by atoms with Crippen molar-refractivity contribution in [2.24, 2.45) is 0 Å². The highest BCUT2D eigenvalue weighted by molar-refractivity contribution is 6.21. The fraction of sp³-hybridized carbons (Fsp3) is 0.158. The SMILES string of the molecule is CC(C)(C)c1ccc(N(c2ccc(C(C)(C)C)cc2)c2ccc3c4c(ccc3c2)-c2c(c3ccccc3c3ccccc23)C42c3ccccc3-c3ccccc32)cc1. The molecule has 280 valence electrons. The first-order valence-electron chi connectivity index (χ1n) is 20.8. The molecule has 0 saturated heterocycles. The molecule has 0 aromatic heterocycles. The third-order valence-electron chi connectivity index (χ3n) is 13.1. The summed E-state index contributed by atoms with van der Waals surface area (Å²) in [5, 5.41) is 7.79. The molecule has 0 unspecified atom stereocenters. The Kier molecular flexibility index (Phi) is 7.36. The second-order valence-electron chi connectivity index (χ2n) is 18.5. The molecule has 0 aliphatic heterocycles. The van der Waals surface area contributed by atoms with Crippen molar-refractivity contribution >= 4 is 49.4 Å². The van der Waals surface area contributed by atoms with Crippen LogP contribution in [0.15, 0.2) is 176 Å². The maximum Gasteiger partial charge on any atom is 0.0737 e. The number of nitrogens with zero attached hydrogens (tertiary/aromatic N) is 1. The molecule has 0 heterocycles. The Hall–Kier alpha value is -6.44. The van der Waals surface area contributed by atoms with Gasteiger partial charge in [0.15, 0.2) is 0 Å². The molecule has 9 aromatic carbocycles. The highest BCUT2D eigenvalue weighted by Crippen LogP contribution is 2.66. The molecule has 0 saturated carbocycles. The average Bonchev–Trinajstić information content (AvgIpc) is 3.72. The lowest BCUT2D eigenvalue weighted by molar-refractivity contribution is 0.590. The Morgan fingerprint density at radius 2 is 0.828 bits per heavy atom. The van der Waals surface area contributed by atoms with Gasteiger partial charge in [0.2, 0.25) is 0 Å². The zero-order valence-electron chi connectivity index (χ0n) is 34.2. The lowest BCUT2D eigenvalue weighted by Crippen LogP contribution is -2.26. The molecule has 1 heteroatoms. The number of hydrogen-bond acceptors (Lipinski definition) is 1. The highest BCUT2D eigenvalue weighted by atomic mass is 15.1. The van der Waals surface area contributed by atoms with Gasteiger partial charge in [0.05, 0.1) is 5.41 Å². The fourth-order valence-corrected chi connectivity index (χ4v) is 10.4. The van der Waals surface area contributed by atoms with Crippen LogP contribution in [-0.2, 0) is 16.2 Å². The van der Waals surface area contributed by atoms with E-state index >= 15 is 0 Å². The normalized spacial score (nSPS) is 13.8. The Balaban J connectivity index is 1.21. The quantitative estimate of drug-likeness (QED) is 0.163. The molecule has 11 rings (SSSR count). The third kappa shape index (κ3) is 4.83. The van der Waals surface area contributed by atoms with Gasteiger partial charge in [-0.1, -0.05) is 181 Å². The third-order valence-corrected chi connectivity index (χ3v) is 13.1. The molecule has 2 aliphatic carbocycles. The topological polar surface area (TPSA) is 3.24 Å². The van der Waals surface area contributed by atoms with Crippen molar-refractivity contribution in [1.82, 2.24) is 0 Å². The Labute approximate surface area is 342 Å². The monoisotopic (exact) mass is 745 g/mol. The molecule has 58 heavy (non-hydrogen) atoms. The van der Waals surface area contributed by atoms with Gasteiger partial charge >= 0.3 is 0 Å². The summed E-state index contributed by atoms with van der Waals surface area (Å²) < 4.78 is 0. The van der Waals surface area contributed by atoms with E-state index in [0.717, 1.165) is 17.1 Å². The second-order valence-corrected chi connectivity index (χ2v) is 18.5. The molecule has 0 N–H and O–H groups in total. The number of anilines is 3. The van der Waals surface area contributed by atoms with Crippen LogP contribution in [0.5, 0.6) is 0 Å². The van der Waals surface area contributed by atoms with Crippen molar-refractivity contribution in [2.45, 2.75) is 57.8 Å². The van der Waals surface area contributed by atoms with Gasteiger partial charge in [-0.3, -0.25) is 0 Å². The molecule has 9 aromatic rings. The standard InChI is InChI=1S/C57H47N/c1-55(2,3)37-24-28-39(29-25-37)58(40-30-26-38(27-31-40)56(4,5)6)41-32-34-42-36(35-41)23-33-49-52-47-19-9-7-15-43(47)44-16-8-10-20-48(44)54(52)57(53(42)49)50-21-13-11-17-45(50)46-18-12-14-22-51(46)57/h7-35H,1-6H3. The molecule has 1 nitrogen and oxygen atoms in total. The van der Waals surface area contributed by atoms with E-state index < -0.39 is 5.41 Å². The number of hydrogen-bond donors (Lipinski definition) is 0. The van der Waals surface area contributed by atoms with Gasteiger partial charge in [0.25, 0.3) is 0 Å². The van der Waals surface area contributed by atoms with Crippen LogP contribution in [0.2, 0.25) is 0 Å². The molecule has 2 aliphatic rings. The van der Waals surface area contributed by atoms with Crippen molar-refractivity contribution in [3.05, 3.63) is 209 Å². The van der Waals surface area contributed by atoms with E-state index in [1.807, 2.05) is 0 Å². The van der Waals surface area contributed by atoms with Gasteiger partial charge in [0, 0.05) is 17.1 Å². The lowest BCUT2D eigenvalue weighted by Gasteiger charge is -2.33. The van der Waals surface area contributed by atoms with E-state index in [2.05, 4.69) is 222 Å².